The van der Waals surface area contributed by atoms with Gasteiger partial charge in [-0.25, -0.2) is 4.79 Å². The van der Waals surface area contributed by atoms with E-state index in [1.165, 1.54) is 0 Å². The summed E-state index contributed by atoms with van der Waals surface area (Å²) in [5.74, 6) is -1.23. The van der Waals surface area contributed by atoms with E-state index < -0.39 is 29.9 Å². The maximum absolute atomic E-state index is 13.0. The number of ether oxygens (including phenoxy) is 1. The molecule has 4 amide bonds. The van der Waals surface area contributed by atoms with E-state index in [0.717, 1.165) is 10.5 Å². The number of hydrogen-bond donors (Lipinski definition) is 2. The molecule has 0 radical (unpaired) electrons. The average Bonchev–Trinajstić information content (AvgIpc) is 3.04. The minimum Gasteiger partial charge on any atom is -0.449 e. The van der Waals surface area contributed by atoms with Gasteiger partial charge < -0.3 is 15.4 Å². The fourth-order valence-corrected chi connectivity index (χ4v) is 3.39. The lowest BCUT2D eigenvalue weighted by Crippen LogP contribution is -2.51. The first-order valence-electron chi connectivity index (χ1n) is 10.6. The summed E-state index contributed by atoms with van der Waals surface area (Å²) in [6, 6.07) is 14.7. The smallest absolute Gasteiger partial charge is 0.407 e. The van der Waals surface area contributed by atoms with Crippen LogP contribution in [-0.2, 0) is 16.0 Å². The van der Waals surface area contributed by atoms with Gasteiger partial charge in [-0.2, -0.15) is 0 Å². The van der Waals surface area contributed by atoms with E-state index in [1.54, 1.807) is 24.3 Å². The van der Waals surface area contributed by atoms with Crippen LogP contribution in [0.4, 0.5) is 4.79 Å². The first-order valence-corrected chi connectivity index (χ1v) is 10.6. The Morgan fingerprint density at radius 1 is 0.875 bits per heavy atom. The molecule has 2 aromatic rings. The number of alkyl carbamates (subject to hydrolysis) is 1. The summed E-state index contributed by atoms with van der Waals surface area (Å²) in [7, 11) is 0. The van der Waals surface area contributed by atoms with Crippen LogP contribution in [-0.4, -0.2) is 54.5 Å². The first kappa shape index (κ1) is 23.0. The molecule has 1 atom stereocenters. The highest BCUT2D eigenvalue weighted by Gasteiger charge is 2.42. The van der Waals surface area contributed by atoms with Crippen molar-refractivity contribution in [3.05, 3.63) is 71.3 Å². The maximum Gasteiger partial charge on any atom is 0.407 e. The van der Waals surface area contributed by atoms with Gasteiger partial charge in [0, 0.05) is 19.5 Å². The molecule has 0 fully saturated rings. The van der Waals surface area contributed by atoms with E-state index >= 15 is 0 Å². The summed E-state index contributed by atoms with van der Waals surface area (Å²) in [6.45, 7) is 4.45. The Labute approximate surface area is 186 Å². The molecule has 0 saturated heterocycles. The van der Waals surface area contributed by atoms with Crippen LogP contribution in [0, 0.1) is 5.92 Å². The maximum atomic E-state index is 13.0. The minimum atomic E-state index is -1.02. The summed E-state index contributed by atoms with van der Waals surface area (Å²) < 4.78 is 5.02. The summed E-state index contributed by atoms with van der Waals surface area (Å²) in [5.41, 5.74) is 1.40. The van der Waals surface area contributed by atoms with Crippen molar-refractivity contribution in [3.63, 3.8) is 0 Å². The predicted molar refractivity (Wildman–Crippen MR) is 118 cm³/mol. The number of carbonyl (C=O) groups is 4. The van der Waals surface area contributed by atoms with Crippen molar-refractivity contribution < 1.29 is 23.9 Å². The lowest BCUT2D eigenvalue weighted by molar-refractivity contribution is -0.125. The second-order valence-corrected chi connectivity index (χ2v) is 7.94. The molecule has 2 aromatic carbocycles. The molecule has 0 aliphatic carbocycles. The molecule has 8 nitrogen and oxygen atoms in total. The molecule has 3 rings (SSSR count). The van der Waals surface area contributed by atoms with Gasteiger partial charge in [-0.15, -0.1) is 0 Å². The van der Waals surface area contributed by atoms with Crippen molar-refractivity contribution in [2.75, 3.05) is 19.7 Å². The Kier molecular flexibility index (Phi) is 7.59. The number of hydrogen-bond acceptors (Lipinski definition) is 5. The summed E-state index contributed by atoms with van der Waals surface area (Å²) >= 11 is 0. The Morgan fingerprint density at radius 2 is 1.44 bits per heavy atom. The number of imide groups is 1. The topological polar surface area (TPSA) is 105 Å². The molecular weight excluding hydrogens is 410 g/mol. The van der Waals surface area contributed by atoms with Crippen LogP contribution in [0.1, 0.15) is 40.1 Å². The van der Waals surface area contributed by atoms with Crippen molar-refractivity contribution >= 4 is 23.8 Å². The van der Waals surface area contributed by atoms with Crippen LogP contribution in [0.25, 0.3) is 0 Å². The second-order valence-electron chi connectivity index (χ2n) is 7.94. The third kappa shape index (κ3) is 5.51. The number of nitrogens with zero attached hydrogens (tertiary/aromatic N) is 1. The van der Waals surface area contributed by atoms with Crippen molar-refractivity contribution in [1.82, 2.24) is 15.5 Å². The van der Waals surface area contributed by atoms with Crippen molar-refractivity contribution in [1.29, 1.82) is 0 Å². The Morgan fingerprint density at radius 3 is 2.03 bits per heavy atom. The fourth-order valence-electron chi connectivity index (χ4n) is 3.39. The Bertz CT molecular complexity index is 955. The summed E-state index contributed by atoms with van der Waals surface area (Å²) in [5, 5.41) is 5.27. The molecule has 1 aliphatic rings. The number of fused-ring (bicyclic) bond motifs is 1. The van der Waals surface area contributed by atoms with Gasteiger partial charge in [0.1, 0.15) is 6.04 Å². The van der Waals surface area contributed by atoms with Gasteiger partial charge in [0.05, 0.1) is 17.7 Å². The zero-order valence-corrected chi connectivity index (χ0v) is 18.2. The van der Waals surface area contributed by atoms with E-state index in [-0.39, 0.29) is 36.6 Å². The van der Waals surface area contributed by atoms with Crippen LogP contribution in [0.2, 0.25) is 0 Å². The van der Waals surface area contributed by atoms with Crippen molar-refractivity contribution in [2.24, 2.45) is 5.92 Å². The van der Waals surface area contributed by atoms with Crippen molar-refractivity contribution in [3.8, 4) is 0 Å². The number of amides is 4. The highest BCUT2D eigenvalue weighted by atomic mass is 16.5. The molecule has 1 heterocycles. The Balaban J connectivity index is 1.67. The first-order chi connectivity index (χ1) is 15.4. The zero-order valence-electron chi connectivity index (χ0n) is 18.2. The van der Waals surface area contributed by atoms with Crippen LogP contribution in [0.5, 0.6) is 0 Å². The number of nitrogens with one attached hydrogen (secondary N) is 2. The van der Waals surface area contributed by atoms with Gasteiger partial charge in [0.25, 0.3) is 11.8 Å². The van der Waals surface area contributed by atoms with Gasteiger partial charge in [0.15, 0.2) is 0 Å². The van der Waals surface area contributed by atoms with Gasteiger partial charge in [-0.3, -0.25) is 19.3 Å². The summed E-state index contributed by atoms with van der Waals surface area (Å²) in [6.07, 6.45) is -0.378. The molecule has 0 saturated carbocycles. The van der Waals surface area contributed by atoms with Crippen LogP contribution in [0.3, 0.4) is 0 Å². The predicted octanol–water partition coefficient (Wildman–Crippen LogP) is 2.39. The lowest BCUT2D eigenvalue weighted by atomic mass is 10.0. The third-order valence-corrected chi connectivity index (χ3v) is 4.95. The van der Waals surface area contributed by atoms with Gasteiger partial charge in [-0.05, 0) is 23.6 Å². The van der Waals surface area contributed by atoms with Crippen LogP contribution in [0.15, 0.2) is 54.6 Å². The van der Waals surface area contributed by atoms with E-state index in [4.69, 9.17) is 4.74 Å². The standard InChI is InChI=1S/C24H27N3O5/c1-16(2)15-32-24(31)26-13-12-25-21(28)20(14-17-8-4-3-5-9-17)27-22(29)18-10-6-7-11-19(18)23(27)30/h3-11,16,20H,12-15H2,1-2H3,(H,25,28)(H,26,31). The van der Waals surface area contributed by atoms with E-state index in [2.05, 4.69) is 10.6 Å². The fraction of sp³-hybridized carbons (Fsp3) is 0.333. The molecule has 8 heteroatoms. The van der Waals surface area contributed by atoms with Gasteiger partial charge in [0.2, 0.25) is 5.91 Å². The normalized spacial score (nSPS) is 13.7. The van der Waals surface area contributed by atoms with Gasteiger partial charge >= 0.3 is 6.09 Å². The molecule has 32 heavy (non-hydrogen) atoms. The van der Waals surface area contributed by atoms with E-state index in [1.807, 2.05) is 44.2 Å². The molecule has 1 aliphatic heterocycles. The minimum absolute atomic E-state index is 0.129. The second kappa shape index (κ2) is 10.6. The van der Waals surface area contributed by atoms with Crippen molar-refractivity contribution in [2.45, 2.75) is 26.3 Å². The van der Waals surface area contributed by atoms with Gasteiger partial charge in [-0.1, -0.05) is 56.3 Å². The van der Waals surface area contributed by atoms with Crippen LogP contribution >= 0.6 is 0 Å². The third-order valence-electron chi connectivity index (χ3n) is 4.95. The van der Waals surface area contributed by atoms with Crippen LogP contribution < -0.4 is 10.6 Å². The molecule has 0 aromatic heterocycles. The number of benzene rings is 2. The molecule has 1 unspecified atom stereocenters. The highest BCUT2D eigenvalue weighted by molar-refractivity contribution is 6.22. The molecule has 2 N–H and O–H groups in total. The van der Waals surface area contributed by atoms with E-state index in [9.17, 15) is 19.2 Å². The quantitative estimate of drug-likeness (QED) is 0.463. The molecule has 168 valence electrons. The Hall–Kier alpha value is -3.68. The monoisotopic (exact) mass is 437 g/mol. The molecule has 0 spiro atoms. The zero-order chi connectivity index (χ0) is 23.1. The number of carbonyl (C=O) groups excluding carboxylic acids is 4. The summed E-state index contributed by atoms with van der Waals surface area (Å²) in [4.78, 5) is 51.6. The largest absolute Gasteiger partial charge is 0.449 e. The average molecular weight is 437 g/mol. The highest BCUT2D eigenvalue weighted by Crippen LogP contribution is 2.26. The van der Waals surface area contributed by atoms with E-state index in [0.29, 0.717) is 6.61 Å². The molecular formula is C24H27N3O5. The lowest BCUT2D eigenvalue weighted by Gasteiger charge is -2.25. The number of rotatable bonds is 9. The molecule has 0 bridgehead atoms. The SMILES string of the molecule is CC(C)COC(=O)NCCNC(=O)C(Cc1ccccc1)N1C(=O)c2ccccc2C1=O.